The molecule has 202 valence electrons. The van der Waals surface area contributed by atoms with Gasteiger partial charge in [-0.2, -0.15) is 23.4 Å². The molecule has 1 saturated heterocycles. The number of hydrogen-bond donors (Lipinski definition) is 2. The molecule has 0 unspecified atom stereocenters. The van der Waals surface area contributed by atoms with Crippen molar-refractivity contribution in [3.05, 3.63) is 77.6 Å². The van der Waals surface area contributed by atoms with Crippen LogP contribution in [0.5, 0.6) is 11.5 Å². The van der Waals surface area contributed by atoms with Gasteiger partial charge >= 0.3 is 6.18 Å². The zero-order valence-electron chi connectivity index (χ0n) is 20.7. The van der Waals surface area contributed by atoms with Crippen molar-refractivity contribution in [2.45, 2.75) is 19.0 Å². The molecular weight excluding hydrogens is 529 g/mol. The van der Waals surface area contributed by atoms with E-state index < -0.39 is 17.6 Å². The number of alkyl halides is 3. The first-order chi connectivity index (χ1) is 18.8. The number of para-hydroxylation sites is 1. The highest BCUT2D eigenvalue weighted by molar-refractivity contribution is 7.13. The molecule has 12 heteroatoms. The Kier molecular flexibility index (Phi) is 7.75. The molecule has 3 N–H and O–H groups in total. The average molecular weight is 555 g/mol. The molecule has 2 aromatic heterocycles. The van der Waals surface area contributed by atoms with Crippen LogP contribution in [-0.4, -0.2) is 40.7 Å². The van der Waals surface area contributed by atoms with E-state index in [0.29, 0.717) is 36.6 Å². The second-order valence-corrected chi connectivity index (χ2v) is 9.92. The molecule has 8 nitrogen and oxygen atoms in total. The van der Waals surface area contributed by atoms with Crippen molar-refractivity contribution in [1.82, 2.24) is 15.2 Å². The number of hydrogen-bond acceptors (Lipinski definition) is 8. The number of halogens is 3. The standard InChI is InChI=1S/C27H25F3N6O2S/c28-27(29,30)23-22(38-19-6-2-1-3-7-19)9-8-20(24(23)36-12-4-5-17(13-31)15-36)34-25(37)21-16-39-26(35-21)18-10-11-32-33-14-18/h1-3,6-11,14,16-17H,4-5,12-13,15,31H2,(H,34,37)/t17-/m1/s1. The maximum atomic E-state index is 14.7. The molecule has 4 aromatic rings. The van der Waals surface area contributed by atoms with E-state index in [2.05, 4.69) is 20.5 Å². The monoisotopic (exact) mass is 554 g/mol. The van der Waals surface area contributed by atoms with E-state index in [0.717, 1.165) is 6.42 Å². The largest absolute Gasteiger partial charge is 0.457 e. The Hall–Kier alpha value is -4.03. The van der Waals surface area contributed by atoms with Crippen molar-refractivity contribution in [3.63, 3.8) is 0 Å². The highest BCUT2D eigenvalue weighted by atomic mass is 32.1. The van der Waals surface area contributed by atoms with E-state index in [1.165, 1.54) is 35.9 Å². The average Bonchev–Trinajstić information content (AvgIpc) is 3.45. The predicted molar refractivity (Wildman–Crippen MR) is 143 cm³/mol. The molecule has 1 aliphatic heterocycles. The van der Waals surface area contributed by atoms with Crippen LogP contribution in [0.4, 0.5) is 24.5 Å². The number of nitrogens with two attached hydrogens (primary N) is 1. The van der Waals surface area contributed by atoms with E-state index in [1.807, 2.05) is 0 Å². The first kappa shape index (κ1) is 26.6. The molecule has 0 bridgehead atoms. The minimum Gasteiger partial charge on any atom is -0.457 e. The van der Waals surface area contributed by atoms with Gasteiger partial charge in [0.05, 0.1) is 23.8 Å². The quantitative estimate of drug-likeness (QED) is 0.296. The summed E-state index contributed by atoms with van der Waals surface area (Å²) in [7, 11) is 0. The Bertz CT molecular complexity index is 1430. The normalized spacial score (nSPS) is 15.7. The van der Waals surface area contributed by atoms with Crippen LogP contribution in [0.2, 0.25) is 0 Å². The van der Waals surface area contributed by atoms with Crippen LogP contribution in [0, 0.1) is 5.92 Å². The maximum absolute atomic E-state index is 14.7. The van der Waals surface area contributed by atoms with Crippen LogP contribution < -0.4 is 20.7 Å². The van der Waals surface area contributed by atoms with Gasteiger partial charge in [-0.05, 0) is 55.6 Å². The van der Waals surface area contributed by atoms with Gasteiger partial charge in [-0.25, -0.2) is 4.98 Å². The summed E-state index contributed by atoms with van der Waals surface area (Å²) in [5.41, 5.74) is 5.56. The summed E-state index contributed by atoms with van der Waals surface area (Å²) in [6, 6.07) is 12.6. The lowest BCUT2D eigenvalue weighted by atomic mass is 9.96. The minimum atomic E-state index is -4.77. The molecule has 39 heavy (non-hydrogen) atoms. The lowest BCUT2D eigenvalue weighted by molar-refractivity contribution is -0.138. The smallest absolute Gasteiger partial charge is 0.422 e. The second kappa shape index (κ2) is 11.4. The van der Waals surface area contributed by atoms with Gasteiger partial charge in [0.15, 0.2) is 0 Å². The van der Waals surface area contributed by atoms with Gasteiger partial charge in [-0.1, -0.05) is 18.2 Å². The van der Waals surface area contributed by atoms with Crippen LogP contribution in [0.1, 0.15) is 28.9 Å². The van der Waals surface area contributed by atoms with Crippen molar-refractivity contribution >= 4 is 28.6 Å². The molecule has 0 aliphatic carbocycles. The molecular formula is C27H25F3N6O2S. The zero-order valence-corrected chi connectivity index (χ0v) is 21.5. The van der Waals surface area contributed by atoms with Crippen molar-refractivity contribution in [1.29, 1.82) is 0 Å². The lowest BCUT2D eigenvalue weighted by Crippen LogP contribution is -2.40. The molecule has 1 aliphatic rings. The fraction of sp³-hybridized carbons (Fsp3) is 0.259. The predicted octanol–water partition coefficient (Wildman–Crippen LogP) is 5.84. The number of piperidine rings is 1. The van der Waals surface area contributed by atoms with Gasteiger partial charge in [-0.15, -0.1) is 11.3 Å². The number of ether oxygens (including phenoxy) is 1. The van der Waals surface area contributed by atoms with Crippen molar-refractivity contribution < 1.29 is 22.7 Å². The Balaban J connectivity index is 1.55. The fourth-order valence-corrected chi connectivity index (χ4v) is 5.34. The van der Waals surface area contributed by atoms with E-state index in [1.54, 1.807) is 46.7 Å². The van der Waals surface area contributed by atoms with Gasteiger partial charge in [0.1, 0.15) is 27.8 Å². The van der Waals surface area contributed by atoms with Crippen LogP contribution in [0.25, 0.3) is 10.6 Å². The Morgan fingerprint density at radius 1 is 1.15 bits per heavy atom. The molecule has 2 aromatic carbocycles. The third-order valence-electron chi connectivity index (χ3n) is 6.38. The SMILES string of the molecule is NC[C@H]1CCCN(c2c(NC(=O)c3csc(-c4ccnnc4)n3)ccc(Oc3ccccc3)c2C(F)(F)F)C1. The number of benzene rings is 2. The van der Waals surface area contributed by atoms with Crippen LogP contribution >= 0.6 is 11.3 Å². The molecule has 5 rings (SSSR count). The Labute approximate surface area is 226 Å². The molecule has 1 fully saturated rings. The zero-order chi connectivity index (χ0) is 27.4. The highest BCUT2D eigenvalue weighted by Crippen LogP contribution is 2.48. The number of nitrogens with zero attached hydrogens (tertiary/aromatic N) is 4. The number of nitrogens with one attached hydrogen (secondary N) is 1. The minimum absolute atomic E-state index is 0.0190. The molecule has 3 heterocycles. The van der Waals surface area contributed by atoms with Gasteiger partial charge in [0.25, 0.3) is 5.91 Å². The van der Waals surface area contributed by atoms with E-state index in [-0.39, 0.29) is 34.5 Å². The van der Waals surface area contributed by atoms with Crippen molar-refractivity contribution in [3.8, 4) is 22.1 Å². The molecule has 1 amide bonds. The molecule has 0 saturated carbocycles. The van der Waals surface area contributed by atoms with Gasteiger partial charge in [0.2, 0.25) is 0 Å². The number of rotatable bonds is 7. The Morgan fingerprint density at radius 3 is 2.69 bits per heavy atom. The summed E-state index contributed by atoms with van der Waals surface area (Å²) in [4.78, 5) is 19.2. The van der Waals surface area contributed by atoms with Crippen LogP contribution in [0.3, 0.4) is 0 Å². The third kappa shape index (κ3) is 6.02. The van der Waals surface area contributed by atoms with E-state index in [9.17, 15) is 18.0 Å². The van der Waals surface area contributed by atoms with Crippen molar-refractivity contribution in [2.75, 3.05) is 29.9 Å². The van der Waals surface area contributed by atoms with E-state index >= 15 is 0 Å². The summed E-state index contributed by atoms with van der Waals surface area (Å²) in [5, 5.41) is 12.3. The number of carbonyl (C=O) groups is 1. The Morgan fingerprint density at radius 2 is 1.97 bits per heavy atom. The number of thiazole rings is 1. The lowest BCUT2D eigenvalue weighted by Gasteiger charge is -2.37. The number of carbonyl (C=O) groups excluding carboxylic acids is 1. The van der Waals surface area contributed by atoms with Gasteiger partial charge in [-0.3, -0.25) is 4.79 Å². The number of aromatic nitrogens is 3. The molecule has 0 spiro atoms. The molecule has 1 atom stereocenters. The summed E-state index contributed by atoms with van der Waals surface area (Å²) in [5.74, 6) is -0.683. The topological polar surface area (TPSA) is 106 Å². The van der Waals surface area contributed by atoms with E-state index in [4.69, 9.17) is 10.5 Å². The van der Waals surface area contributed by atoms with Crippen molar-refractivity contribution in [2.24, 2.45) is 11.7 Å². The number of anilines is 2. The van der Waals surface area contributed by atoms with Gasteiger partial charge in [0, 0.05) is 24.0 Å². The highest BCUT2D eigenvalue weighted by Gasteiger charge is 2.41. The summed E-state index contributed by atoms with van der Waals surface area (Å²) >= 11 is 1.22. The van der Waals surface area contributed by atoms with Crippen LogP contribution in [-0.2, 0) is 6.18 Å². The van der Waals surface area contributed by atoms with Gasteiger partial charge < -0.3 is 20.7 Å². The number of amides is 1. The van der Waals surface area contributed by atoms with Crippen LogP contribution in [0.15, 0.2) is 66.3 Å². The summed E-state index contributed by atoms with van der Waals surface area (Å²) in [6.45, 7) is 1.06. The molecule has 0 radical (unpaired) electrons. The first-order valence-corrected chi connectivity index (χ1v) is 13.2. The second-order valence-electron chi connectivity index (χ2n) is 9.06. The first-order valence-electron chi connectivity index (χ1n) is 12.3. The maximum Gasteiger partial charge on any atom is 0.422 e. The third-order valence-corrected chi connectivity index (χ3v) is 7.27. The summed E-state index contributed by atoms with van der Waals surface area (Å²) < 4.78 is 49.8. The fourth-order valence-electron chi connectivity index (χ4n) is 4.55. The summed E-state index contributed by atoms with van der Waals surface area (Å²) in [6.07, 6.45) is -0.247.